The molecule has 0 heterocycles. The van der Waals surface area contributed by atoms with Gasteiger partial charge in [-0.1, -0.05) is 18.2 Å². The molecule has 0 atom stereocenters. The van der Waals surface area contributed by atoms with Crippen LogP contribution in [0.1, 0.15) is 27.9 Å². The Balaban J connectivity index is 1.47. The summed E-state index contributed by atoms with van der Waals surface area (Å²) < 4.78 is 10.4. The number of nitrogens with one attached hydrogen (secondary N) is 1. The molecule has 7 nitrogen and oxygen atoms in total. The first kappa shape index (κ1) is 21.6. The Kier molecular flexibility index (Phi) is 7.37. The van der Waals surface area contributed by atoms with Gasteiger partial charge in [-0.05, 0) is 72.1 Å². The van der Waals surface area contributed by atoms with Crippen molar-refractivity contribution in [2.75, 3.05) is 7.11 Å². The van der Waals surface area contributed by atoms with E-state index < -0.39 is 5.97 Å². The highest BCUT2D eigenvalue weighted by atomic mass is 16.5. The Morgan fingerprint density at radius 2 is 1.65 bits per heavy atom. The number of aromatic hydroxyl groups is 1. The van der Waals surface area contributed by atoms with Crippen LogP contribution in [0.15, 0.2) is 77.9 Å². The number of carbonyl (C=O) groups is 2. The van der Waals surface area contributed by atoms with Crippen LogP contribution < -0.4 is 14.9 Å². The predicted octanol–water partition coefficient (Wildman–Crippen LogP) is 3.70. The molecule has 0 fully saturated rings. The monoisotopic (exact) mass is 418 g/mol. The molecular formula is C24H22N2O5. The first-order valence-corrected chi connectivity index (χ1v) is 9.60. The molecule has 7 heteroatoms. The van der Waals surface area contributed by atoms with Gasteiger partial charge in [0.25, 0.3) is 0 Å². The summed E-state index contributed by atoms with van der Waals surface area (Å²) in [4.78, 5) is 24.1. The Bertz CT molecular complexity index is 1060. The van der Waals surface area contributed by atoms with Crippen molar-refractivity contribution in [1.82, 2.24) is 5.43 Å². The highest BCUT2D eigenvalue weighted by Gasteiger charge is 2.09. The molecule has 0 aliphatic rings. The number of aryl methyl sites for hydroxylation is 1. The van der Waals surface area contributed by atoms with E-state index in [1.807, 2.05) is 6.07 Å². The third kappa shape index (κ3) is 6.43. The Hall–Kier alpha value is -4.13. The van der Waals surface area contributed by atoms with Crippen molar-refractivity contribution in [2.24, 2.45) is 5.10 Å². The lowest BCUT2D eigenvalue weighted by molar-refractivity contribution is -0.121. The predicted molar refractivity (Wildman–Crippen MR) is 117 cm³/mol. The lowest BCUT2D eigenvalue weighted by atomic mass is 10.1. The highest BCUT2D eigenvalue weighted by molar-refractivity contribution is 5.91. The van der Waals surface area contributed by atoms with E-state index in [2.05, 4.69) is 10.5 Å². The minimum absolute atomic E-state index is 0.173. The number of phenolic OH excluding ortho intramolecular Hbond substituents is 1. The van der Waals surface area contributed by atoms with E-state index in [1.54, 1.807) is 73.8 Å². The van der Waals surface area contributed by atoms with Crippen molar-refractivity contribution in [3.63, 3.8) is 0 Å². The molecule has 0 unspecified atom stereocenters. The van der Waals surface area contributed by atoms with Crippen LogP contribution >= 0.6 is 0 Å². The number of benzene rings is 3. The molecule has 0 saturated carbocycles. The molecule has 1 amide bonds. The maximum absolute atomic E-state index is 12.2. The van der Waals surface area contributed by atoms with Crippen LogP contribution in [-0.2, 0) is 11.2 Å². The first-order chi connectivity index (χ1) is 15.0. The summed E-state index contributed by atoms with van der Waals surface area (Å²) in [6, 6.07) is 20.2. The summed E-state index contributed by atoms with van der Waals surface area (Å²) in [5.41, 5.74) is 4.30. The normalized spacial score (nSPS) is 10.6. The van der Waals surface area contributed by atoms with Gasteiger partial charge in [0.2, 0.25) is 5.91 Å². The first-order valence-electron chi connectivity index (χ1n) is 9.60. The van der Waals surface area contributed by atoms with Gasteiger partial charge in [0.05, 0.1) is 18.9 Å². The molecule has 158 valence electrons. The SMILES string of the molecule is COc1ccc(C(=O)Oc2ccc(/C=N\NC(=O)CCc3ccccc3O)cc2)cc1. The number of carbonyl (C=O) groups excluding carboxylic acids is 2. The van der Waals surface area contributed by atoms with Crippen molar-refractivity contribution in [3.05, 3.63) is 89.5 Å². The van der Waals surface area contributed by atoms with Crippen LogP contribution in [0.2, 0.25) is 0 Å². The molecule has 0 spiro atoms. The van der Waals surface area contributed by atoms with Crippen molar-refractivity contribution < 1.29 is 24.2 Å². The maximum atomic E-state index is 12.2. The molecule has 0 aliphatic carbocycles. The third-order valence-corrected chi connectivity index (χ3v) is 4.43. The summed E-state index contributed by atoms with van der Waals surface area (Å²) in [6.45, 7) is 0. The number of rotatable bonds is 8. The number of hydrogen-bond donors (Lipinski definition) is 2. The molecule has 0 aliphatic heterocycles. The van der Waals surface area contributed by atoms with Crippen LogP contribution in [0.25, 0.3) is 0 Å². The fourth-order valence-electron chi connectivity index (χ4n) is 2.72. The highest BCUT2D eigenvalue weighted by Crippen LogP contribution is 2.17. The van der Waals surface area contributed by atoms with E-state index >= 15 is 0 Å². The molecular weight excluding hydrogens is 396 g/mol. The average Bonchev–Trinajstić information content (AvgIpc) is 2.79. The Labute approximate surface area is 179 Å². The van der Waals surface area contributed by atoms with Crippen molar-refractivity contribution >= 4 is 18.1 Å². The number of amides is 1. The van der Waals surface area contributed by atoms with Crippen LogP contribution in [0.5, 0.6) is 17.2 Å². The number of hydrogen-bond acceptors (Lipinski definition) is 6. The van der Waals surface area contributed by atoms with Crippen LogP contribution in [0.4, 0.5) is 0 Å². The Morgan fingerprint density at radius 1 is 0.968 bits per heavy atom. The second-order valence-corrected chi connectivity index (χ2v) is 6.61. The topological polar surface area (TPSA) is 97.2 Å². The number of hydrazone groups is 1. The van der Waals surface area contributed by atoms with E-state index in [4.69, 9.17) is 9.47 Å². The number of ether oxygens (including phenoxy) is 2. The fourth-order valence-corrected chi connectivity index (χ4v) is 2.72. The van der Waals surface area contributed by atoms with Gasteiger partial charge in [0.1, 0.15) is 17.2 Å². The molecule has 3 aromatic carbocycles. The van der Waals surface area contributed by atoms with E-state index in [0.29, 0.717) is 29.0 Å². The molecule has 2 N–H and O–H groups in total. The molecule has 0 radical (unpaired) electrons. The largest absolute Gasteiger partial charge is 0.508 e. The molecule has 31 heavy (non-hydrogen) atoms. The van der Waals surface area contributed by atoms with Gasteiger partial charge >= 0.3 is 5.97 Å². The number of methoxy groups -OCH3 is 1. The van der Waals surface area contributed by atoms with Crippen molar-refractivity contribution in [3.8, 4) is 17.2 Å². The number of para-hydroxylation sites is 1. The maximum Gasteiger partial charge on any atom is 0.343 e. The zero-order valence-corrected chi connectivity index (χ0v) is 16.9. The van der Waals surface area contributed by atoms with Crippen LogP contribution in [0.3, 0.4) is 0 Å². The third-order valence-electron chi connectivity index (χ3n) is 4.43. The van der Waals surface area contributed by atoms with Crippen LogP contribution in [-0.4, -0.2) is 30.3 Å². The minimum atomic E-state index is -0.471. The molecule has 3 aromatic rings. The summed E-state index contributed by atoms with van der Waals surface area (Å²) in [7, 11) is 1.56. The summed E-state index contributed by atoms with van der Waals surface area (Å²) >= 11 is 0. The summed E-state index contributed by atoms with van der Waals surface area (Å²) in [6.07, 6.45) is 2.12. The smallest absolute Gasteiger partial charge is 0.343 e. The number of nitrogens with zero attached hydrogens (tertiary/aromatic N) is 1. The zero-order valence-electron chi connectivity index (χ0n) is 16.9. The van der Waals surface area contributed by atoms with Gasteiger partial charge in [0, 0.05) is 6.42 Å². The van der Waals surface area contributed by atoms with Gasteiger partial charge in [-0.2, -0.15) is 5.10 Å². The fraction of sp³-hybridized carbons (Fsp3) is 0.125. The van der Waals surface area contributed by atoms with Crippen LogP contribution in [0, 0.1) is 0 Å². The van der Waals surface area contributed by atoms with Crippen molar-refractivity contribution in [2.45, 2.75) is 12.8 Å². The molecule has 0 bridgehead atoms. The molecule has 0 aromatic heterocycles. The van der Waals surface area contributed by atoms with Gasteiger partial charge in [-0.3, -0.25) is 4.79 Å². The zero-order chi connectivity index (χ0) is 22.1. The molecule has 3 rings (SSSR count). The second-order valence-electron chi connectivity index (χ2n) is 6.61. The molecule has 0 saturated heterocycles. The summed E-state index contributed by atoms with van der Waals surface area (Å²) in [5.74, 6) is 0.493. The van der Waals surface area contributed by atoms with E-state index in [9.17, 15) is 14.7 Å². The lowest BCUT2D eigenvalue weighted by Crippen LogP contribution is -2.17. The van der Waals surface area contributed by atoms with Crippen molar-refractivity contribution in [1.29, 1.82) is 0 Å². The van der Waals surface area contributed by atoms with E-state index in [0.717, 1.165) is 5.56 Å². The number of phenols is 1. The van der Waals surface area contributed by atoms with Gasteiger partial charge in [-0.15, -0.1) is 0 Å². The average molecular weight is 418 g/mol. The second kappa shape index (κ2) is 10.6. The van der Waals surface area contributed by atoms with E-state index in [1.165, 1.54) is 6.21 Å². The lowest BCUT2D eigenvalue weighted by Gasteiger charge is -2.05. The number of esters is 1. The van der Waals surface area contributed by atoms with Gasteiger partial charge < -0.3 is 14.6 Å². The summed E-state index contributed by atoms with van der Waals surface area (Å²) in [5, 5.41) is 13.6. The van der Waals surface area contributed by atoms with Gasteiger partial charge in [0.15, 0.2) is 0 Å². The standard InChI is InChI=1S/C24H22N2O5/c1-30-20-13-8-19(9-14-20)24(29)31-21-11-6-17(7-12-21)16-25-26-23(28)15-10-18-4-2-3-5-22(18)27/h2-9,11-14,16,27H,10,15H2,1H3,(H,26,28)/b25-16-. The van der Waals surface area contributed by atoms with Gasteiger partial charge in [-0.25, -0.2) is 10.2 Å². The quantitative estimate of drug-likeness (QED) is 0.252. The van der Waals surface area contributed by atoms with E-state index in [-0.39, 0.29) is 18.1 Å². The minimum Gasteiger partial charge on any atom is -0.508 e. The Morgan fingerprint density at radius 3 is 2.32 bits per heavy atom.